The number of carbonyl (C=O) groups is 1. The summed E-state index contributed by atoms with van der Waals surface area (Å²) in [6.45, 7) is 0.582. The number of hydrogen-bond donors (Lipinski definition) is 2. The topological polar surface area (TPSA) is 55.1 Å². The quantitative estimate of drug-likeness (QED) is 0.761. The number of benzene rings is 1. The Morgan fingerprint density at radius 3 is 2.40 bits per heavy atom. The van der Waals surface area contributed by atoms with Gasteiger partial charge < -0.3 is 11.1 Å². The summed E-state index contributed by atoms with van der Waals surface area (Å²) in [6, 6.07) is 8.22. The van der Waals surface area contributed by atoms with Crippen molar-refractivity contribution in [3.63, 3.8) is 0 Å². The second-order valence-corrected chi connectivity index (χ2v) is 3.55. The molecule has 1 amide bonds. The van der Waals surface area contributed by atoms with Crippen LogP contribution >= 0.6 is 0 Å². The number of nitrogens with two attached hydrogens (primary N) is 1. The number of carbonyl (C=O) groups excluding carboxylic acids is 1. The molecular weight excluding hydrogens is 188 g/mol. The third-order valence-corrected chi connectivity index (χ3v) is 2.41. The van der Waals surface area contributed by atoms with Gasteiger partial charge in [0.2, 0.25) is 5.91 Å². The van der Waals surface area contributed by atoms with E-state index in [-0.39, 0.29) is 5.91 Å². The van der Waals surface area contributed by atoms with E-state index in [1.165, 1.54) is 5.56 Å². The van der Waals surface area contributed by atoms with Crippen LogP contribution in [0.5, 0.6) is 0 Å². The minimum Gasteiger partial charge on any atom is -0.359 e. The smallest absolute Gasteiger partial charge is 0.219 e. The van der Waals surface area contributed by atoms with Gasteiger partial charge in [-0.15, -0.1) is 0 Å². The van der Waals surface area contributed by atoms with Gasteiger partial charge in [0, 0.05) is 20.0 Å². The van der Waals surface area contributed by atoms with E-state index in [4.69, 9.17) is 5.73 Å². The summed E-state index contributed by atoms with van der Waals surface area (Å²) in [7, 11) is 1.67. The molecule has 3 nitrogen and oxygen atoms in total. The predicted octanol–water partition coefficient (Wildman–Crippen LogP) is 1.21. The summed E-state index contributed by atoms with van der Waals surface area (Å²) in [5.41, 5.74) is 7.91. The van der Waals surface area contributed by atoms with Crippen molar-refractivity contribution in [2.45, 2.75) is 25.8 Å². The first-order valence-electron chi connectivity index (χ1n) is 5.24. The van der Waals surface area contributed by atoms with E-state index in [9.17, 15) is 4.79 Å². The zero-order chi connectivity index (χ0) is 11.1. The van der Waals surface area contributed by atoms with Crippen LogP contribution in [0.4, 0.5) is 0 Å². The fraction of sp³-hybridized carbons (Fsp3) is 0.417. The lowest BCUT2D eigenvalue weighted by Gasteiger charge is -2.02. The molecule has 0 saturated heterocycles. The molecule has 0 aliphatic heterocycles. The Bertz CT molecular complexity index is 306. The Labute approximate surface area is 90.7 Å². The SMILES string of the molecule is CNC(=O)CCCc1ccc(CN)cc1. The highest BCUT2D eigenvalue weighted by Gasteiger charge is 1.98. The van der Waals surface area contributed by atoms with Crippen molar-refractivity contribution in [1.82, 2.24) is 5.32 Å². The maximum absolute atomic E-state index is 11.0. The number of aryl methyl sites for hydroxylation is 1. The van der Waals surface area contributed by atoms with Crippen LogP contribution in [0.1, 0.15) is 24.0 Å². The first-order chi connectivity index (χ1) is 7.26. The highest BCUT2D eigenvalue weighted by molar-refractivity contribution is 5.75. The molecule has 3 heteroatoms. The van der Waals surface area contributed by atoms with Crippen molar-refractivity contribution < 1.29 is 4.79 Å². The van der Waals surface area contributed by atoms with Crippen LogP contribution in [-0.4, -0.2) is 13.0 Å². The summed E-state index contributed by atoms with van der Waals surface area (Å²) >= 11 is 0. The molecule has 0 atom stereocenters. The van der Waals surface area contributed by atoms with Crippen molar-refractivity contribution in [1.29, 1.82) is 0 Å². The van der Waals surface area contributed by atoms with E-state index < -0.39 is 0 Å². The van der Waals surface area contributed by atoms with Gasteiger partial charge in [0.1, 0.15) is 0 Å². The van der Waals surface area contributed by atoms with Crippen molar-refractivity contribution in [3.8, 4) is 0 Å². The average molecular weight is 206 g/mol. The third-order valence-electron chi connectivity index (χ3n) is 2.41. The Morgan fingerprint density at radius 2 is 1.87 bits per heavy atom. The number of nitrogens with one attached hydrogen (secondary N) is 1. The summed E-state index contributed by atoms with van der Waals surface area (Å²) in [4.78, 5) is 11.0. The van der Waals surface area contributed by atoms with Gasteiger partial charge in [-0.1, -0.05) is 24.3 Å². The van der Waals surface area contributed by atoms with Gasteiger partial charge in [-0.25, -0.2) is 0 Å². The molecule has 0 fully saturated rings. The van der Waals surface area contributed by atoms with Crippen LogP contribution in [0.15, 0.2) is 24.3 Å². The first-order valence-corrected chi connectivity index (χ1v) is 5.24. The van der Waals surface area contributed by atoms with Gasteiger partial charge in [-0.05, 0) is 24.0 Å². The highest BCUT2D eigenvalue weighted by atomic mass is 16.1. The van der Waals surface area contributed by atoms with Crippen molar-refractivity contribution in [2.75, 3.05) is 7.05 Å². The van der Waals surface area contributed by atoms with Crippen LogP contribution in [0, 0.1) is 0 Å². The Kier molecular flexibility index (Phi) is 4.84. The molecule has 82 valence electrons. The maximum Gasteiger partial charge on any atom is 0.219 e. The average Bonchev–Trinajstić information content (AvgIpc) is 2.29. The van der Waals surface area contributed by atoms with E-state index in [2.05, 4.69) is 17.4 Å². The Hall–Kier alpha value is -1.35. The molecule has 0 aliphatic rings. The maximum atomic E-state index is 11.0. The third kappa shape index (κ3) is 4.13. The van der Waals surface area contributed by atoms with E-state index in [1.54, 1.807) is 7.05 Å². The van der Waals surface area contributed by atoms with Gasteiger partial charge in [-0.3, -0.25) is 4.79 Å². The van der Waals surface area contributed by atoms with Gasteiger partial charge >= 0.3 is 0 Å². The monoisotopic (exact) mass is 206 g/mol. The lowest BCUT2D eigenvalue weighted by molar-refractivity contribution is -0.120. The van der Waals surface area contributed by atoms with Crippen LogP contribution in [0.2, 0.25) is 0 Å². The normalized spacial score (nSPS) is 10.0. The minimum absolute atomic E-state index is 0.105. The second kappa shape index (κ2) is 6.19. The van der Waals surface area contributed by atoms with E-state index in [0.29, 0.717) is 13.0 Å². The van der Waals surface area contributed by atoms with Crippen LogP contribution in [-0.2, 0) is 17.8 Å². The standard InChI is InChI=1S/C12H18N2O/c1-14-12(15)4-2-3-10-5-7-11(9-13)8-6-10/h5-8H,2-4,9,13H2,1H3,(H,14,15). The molecule has 0 aromatic heterocycles. The zero-order valence-electron chi connectivity index (χ0n) is 9.12. The predicted molar refractivity (Wildman–Crippen MR) is 61.3 cm³/mol. The summed E-state index contributed by atoms with van der Waals surface area (Å²) in [5.74, 6) is 0.105. The molecule has 0 radical (unpaired) electrons. The lowest BCUT2D eigenvalue weighted by atomic mass is 10.1. The highest BCUT2D eigenvalue weighted by Crippen LogP contribution is 2.07. The number of rotatable bonds is 5. The fourth-order valence-electron chi connectivity index (χ4n) is 1.42. The summed E-state index contributed by atoms with van der Waals surface area (Å²) in [6.07, 6.45) is 2.43. The lowest BCUT2D eigenvalue weighted by Crippen LogP contribution is -2.17. The molecule has 0 heterocycles. The molecule has 0 saturated carbocycles. The van der Waals surface area contributed by atoms with Crippen molar-refractivity contribution in [3.05, 3.63) is 35.4 Å². The Morgan fingerprint density at radius 1 is 1.27 bits per heavy atom. The van der Waals surface area contributed by atoms with Gasteiger partial charge in [0.15, 0.2) is 0 Å². The Balaban J connectivity index is 2.34. The van der Waals surface area contributed by atoms with Crippen LogP contribution in [0.3, 0.4) is 0 Å². The second-order valence-electron chi connectivity index (χ2n) is 3.55. The van der Waals surface area contributed by atoms with Crippen molar-refractivity contribution in [2.24, 2.45) is 5.73 Å². The van der Waals surface area contributed by atoms with Gasteiger partial charge in [-0.2, -0.15) is 0 Å². The number of hydrogen-bond acceptors (Lipinski definition) is 2. The fourth-order valence-corrected chi connectivity index (χ4v) is 1.42. The van der Waals surface area contributed by atoms with E-state index in [0.717, 1.165) is 18.4 Å². The number of amides is 1. The molecule has 15 heavy (non-hydrogen) atoms. The molecule has 1 aromatic rings. The van der Waals surface area contributed by atoms with Gasteiger partial charge in [0.05, 0.1) is 0 Å². The minimum atomic E-state index is 0.105. The van der Waals surface area contributed by atoms with Crippen LogP contribution in [0.25, 0.3) is 0 Å². The molecule has 3 N–H and O–H groups in total. The van der Waals surface area contributed by atoms with Crippen molar-refractivity contribution >= 4 is 5.91 Å². The largest absolute Gasteiger partial charge is 0.359 e. The zero-order valence-corrected chi connectivity index (χ0v) is 9.12. The molecule has 0 aliphatic carbocycles. The van der Waals surface area contributed by atoms with Crippen LogP contribution < -0.4 is 11.1 Å². The van der Waals surface area contributed by atoms with E-state index in [1.807, 2.05) is 12.1 Å². The summed E-state index contributed by atoms with van der Waals surface area (Å²) in [5, 5.41) is 2.61. The van der Waals surface area contributed by atoms with Gasteiger partial charge in [0.25, 0.3) is 0 Å². The van der Waals surface area contributed by atoms with E-state index >= 15 is 0 Å². The first kappa shape index (κ1) is 11.7. The molecule has 1 aromatic carbocycles. The molecule has 0 spiro atoms. The molecular formula is C12H18N2O. The molecule has 0 unspecified atom stereocenters. The molecule has 0 bridgehead atoms. The summed E-state index contributed by atoms with van der Waals surface area (Å²) < 4.78 is 0. The molecule has 1 rings (SSSR count).